The molecule has 1 aliphatic carbocycles. The Labute approximate surface area is 191 Å². The number of primary amides is 1. The first-order valence-electron chi connectivity index (χ1n) is 11.4. The molecule has 9 nitrogen and oxygen atoms in total. The van der Waals surface area contributed by atoms with E-state index in [4.69, 9.17) is 15.7 Å². The van der Waals surface area contributed by atoms with Gasteiger partial charge in [-0.3, -0.25) is 9.89 Å². The molecular formula is C23H28FN8O+. The van der Waals surface area contributed by atoms with E-state index in [2.05, 4.69) is 34.3 Å². The van der Waals surface area contributed by atoms with Gasteiger partial charge in [-0.1, -0.05) is 13.8 Å². The summed E-state index contributed by atoms with van der Waals surface area (Å²) >= 11 is 0. The molecular weight excluding hydrogens is 423 g/mol. The molecule has 2 atom stereocenters. The highest BCUT2D eigenvalue weighted by atomic mass is 19.1. The van der Waals surface area contributed by atoms with E-state index < -0.39 is 17.9 Å². The van der Waals surface area contributed by atoms with Crippen molar-refractivity contribution < 1.29 is 9.18 Å². The minimum absolute atomic E-state index is 0.0440. The average Bonchev–Trinajstić information content (AvgIpc) is 3.53. The highest BCUT2D eigenvalue weighted by Gasteiger charge is 2.52. The number of nitrogens with two attached hydrogens (primary N) is 1. The molecule has 3 aromatic heterocycles. The van der Waals surface area contributed by atoms with Crippen LogP contribution < -0.4 is 15.5 Å². The van der Waals surface area contributed by atoms with Gasteiger partial charge in [-0.25, -0.2) is 9.47 Å². The molecule has 4 heterocycles. The maximum atomic E-state index is 13.6. The number of fused-ring (bicyclic) bond motifs is 1. The van der Waals surface area contributed by atoms with Gasteiger partial charge in [-0.05, 0) is 31.2 Å². The quantitative estimate of drug-likeness (QED) is 0.390. The first kappa shape index (κ1) is 21.4. The number of aromatic amines is 1. The highest BCUT2D eigenvalue weighted by Crippen LogP contribution is 2.43. The molecule has 0 radical (unpaired) electrons. The lowest BCUT2D eigenvalue weighted by atomic mass is 10.1. The minimum atomic E-state index is -0.580. The molecule has 33 heavy (non-hydrogen) atoms. The predicted octanol–water partition coefficient (Wildman–Crippen LogP) is 3.38. The number of aromatic nitrogens is 5. The Hall–Kier alpha value is -3.40. The van der Waals surface area contributed by atoms with Crippen molar-refractivity contribution in [2.75, 3.05) is 11.9 Å². The number of hydrogen-bond acceptors (Lipinski definition) is 6. The summed E-state index contributed by atoms with van der Waals surface area (Å²) in [7, 11) is 0. The second-order valence-corrected chi connectivity index (χ2v) is 9.13. The summed E-state index contributed by atoms with van der Waals surface area (Å²) in [6, 6.07) is 4.37. The summed E-state index contributed by atoms with van der Waals surface area (Å²) in [5.74, 6) is 1.16. The summed E-state index contributed by atoms with van der Waals surface area (Å²) in [5.41, 5.74) is 9.56. The molecule has 2 aliphatic rings. The summed E-state index contributed by atoms with van der Waals surface area (Å²) in [6.45, 7) is 4.78. The number of halogens is 1. The maximum absolute atomic E-state index is 13.6. The number of rotatable bonds is 6. The number of nitrogens with zero attached hydrogens (tertiary/aromatic N) is 5. The largest absolute Gasteiger partial charge is 0.364 e. The number of H-pyrrole nitrogens is 1. The molecule has 0 bridgehead atoms. The van der Waals surface area contributed by atoms with Gasteiger partial charge in [0, 0.05) is 36.2 Å². The van der Waals surface area contributed by atoms with Crippen LogP contribution >= 0.6 is 0 Å². The topological polar surface area (TPSA) is 122 Å². The zero-order valence-corrected chi connectivity index (χ0v) is 18.8. The summed E-state index contributed by atoms with van der Waals surface area (Å²) in [6.07, 6.45) is 5.52. The third kappa shape index (κ3) is 3.64. The van der Waals surface area contributed by atoms with E-state index in [1.807, 2.05) is 6.07 Å². The lowest BCUT2D eigenvalue weighted by Crippen LogP contribution is -2.55. The molecule has 10 heteroatoms. The zero-order chi connectivity index (χ0) is 23.2. The Morgan fingerprint density at radius 2 is 2.12 bits per heavy atom. The first-order chi connectivity index (χ1) is 15.9. The number of nitrogens with one attached hydrogen (secondary N) is 2. The monoisotopic (exact) mass is 451 g/mol. The van der Waals surface area contributed by atoms with Crippen LogP contribution in [0, 0.1) is 5.95 Å². The lowest BCUT2D eigenvalue weighted by molar-refractivity contribution is -0.121. The van der Waals surface area contributed by atoms with Gasteiger partial charge in [0.25, 0.3) is 5.91 Å². The van der Waals surface area contributed by atoms with Crippen LogP contribution in [0.15, 0.2) is 24.4 Å². The van der Waals surface area contributed by atoms with Gasteiger partial charge in [0.1, 0.15) is 5.82 Å². The number of quaternary nitrogens is 1. The molecule has 2 unspecified atom stereocenters. The number of carbonyl (C=O) groups excluding carboxylic acids is 1. The van der Waals surface area contributed by atoms with Crippen LogP contribution in [0.5, 0.6) is 0 Å². The van der Waals surface area contributed by atoms with Crippen molar-refractivity contribution in [2.24, 2.45) is 5.73 Å². The fourth-order valence-corrected chi connectivity index (χ4v) is 5.06. The molecule has 1 saturated heterocycles. The SMILES string of the molecule is CC(C)c1cc(Nc2nc([N+]3(c4ccc(F)nc4)CCCC3C(N)=O)nc3c2CCC3)n[nH]1. The van der Waals surface area contributed by atoms with E-state index in [-0.39, 0.29) is 4.48 Å². The summed E-state index contributed by atoms with van der Waals surface area (Å²) in [4.78, 5) is 26.3. The predicted molar refractivity (Wildman–Crippen MR) is 123 cm³/mol. The van der Waals surface area contributed by atoms with Gasteiger partial charge < -0.3 is 11.1 Å². The van der Waals surface area contributed by atoms with E-state index in [1.165, 1.54) is 12.3 Å². The van der Waals surface area contributed by atoms with Crippen LogP contribution in [0.1, 0.15) is 56.0 Å². The summed E-state index contributed by atoms with van der Waals surface area (Å²) in [5, 5.41) is 10.8. The molecule has 0 spiro atoms. The fourth-order valence-electron chi connectivity index (χ4n) is 5.06. The molecule has 5 rings (SSSR count). The average molecular weight is 452 g/mol. The van der Waals surface area contributed by atoms with Crippen LogP contribution in [0.2, 0.25) is 0 Å². The van der Waals surface area contributed by atoms with E-state index in [9.17, 15) is 9.18 Å². The Bertz CT molecular complexity index is 1190. The number of carbonyl (C=O) groups is 1. The third-order valence-electron chi connectivity index (χ3n) is 6.77. The molecule has 0 aromatic carbocycles. The number of pyridine rings is 1. The number of anilines is 2. The van der Waals surface area contributed by atoms with E-state index >= 15 is 0 Å². The van der Waals surface area contributed by atoms with Gasteiger partial charge >= 0.3 is 5.95 Å². The number of amides is 1. The van der Waals surface area contributed by atoms with E-state index in [1.54, 1.807) is 6.07 Å². The molecule has 1 aliphatic heterocycles. The minimum Gasteiger partial charge on any atom is -0.364 e. The third-order valence-corrected chi connectivity index (χ3v) is 6.77. The Balaban J connectivity index is 1.65. The fraction of sp³-hybridized carbons (Fsp3) is 0.435. The molecule has 1 fully saturated rings. The van der Waals surface area contributed by atoms with Gasteiger partial charge in [0.2, 0.25) is 5.95 Å². The first-order valence-corrected chi connectivity index (χ1v) is 11.4. The van der Waals surface area contributed by atoms with Crippen LogP contribution in [-0.2, 0) is 17.6 Å². The molecule has 1 amide bonds. The van der Waals surface area contributed by atoms with Crippen molar-refractivity contribution in [1.82, 2.24) is 29.6 Å². The number of aryl methyl sites for hydroxylation is 1. The normalized spacial score (nSPS) is 22.0. The van der Waals surface area contributed by atoms with Crippen molar-refractivity contribution in [2.45, 2.75) is 57.9 Å². The molecule has 4 N–H and O–H groups in total. The molecule has 3 aromatic rings. The van der Waals surface area contributed by atoms with Crippen molar-refractivity contribution in [3.8, 4) is 0 Å². The van der Waals surface area contributed by atoms with E-state index in [0.29, 0.717) is 42.2 Å². The van der Waals surface area contributed by atoms with Crippen LogP contribution in [0.4, 0.5) is 27.7 Å². The zero-order valence-electron chi connectivity index (χ0n) is 18.8. The standard InChI is InChI=1S/C23H27FN8O/c1-13(2)17-11-20(31-30-17)28-22-15-5-3-6-16(15)27-23(29-22)32(10-4-7-18(32)21(25)33)14-8-9-19(24)26-12-14/h8-9,11-13,18H,3-7,10H2,1-2H3,(H3-,25,27,28,29,30,31,33)/p+1. The van der Waals surface area contributed by atoms with Crippen molar-refractivity contribution >= 4 is 29.2 Å². The van der Waals surface area contributed by atoms with Gasteiger partial charge in [-0.2, -0.15) is 19.5 Å². The van der Waals surface area contributed by atoms with Gasteiger partial charge in [-0.15, -0.1) is 0 Å². The Morgan fingerprint density at radius 3 is 2.82 bits per heavy atom. The molecule has 0 saturated carbocycles. The van der Waals surface area contributed by atoms with Crippen LogP contribution in [0.25, 0.3) is 0 Å². The Kier molecular flexibility index (Phi) is 5.32. The van der Waals surface area contributed by atoms with Gasteiger partial charge in [0.15, 0.2) is 17.5 Å². The highest BCUT2D eigenvalue weighted by molar-refractivity contribution is 5.84. The van der Waals surface area contributed by atoms with Crippen molar-refractivity contribution in [3.63, 3.8) is 0 Å². The van der Waals surface area contributed by atoms with Gasteiger partial charge in [0.05, 0.1) is 18.4 Å². The second-order valence-electron chi connectivity index (χ2n) is 9.13. The Morgan fingerprint density at radius 1 is 1.27 bits per heavy atom. The van der Waals surface area contributed by atoms with Crippen molar-refractivity contribution in [3.05, 3.63) is 47.3 Å². The van der Waals surface area contributed by atoms with Crippen LogP contribution in [0.3, 0.4) is 0 Å². The van der Waals surface area contributed by atoms with E-state index in [0.717, 1.165) is 42.6 Å². The van der Waals surface area contributed by atoms with Crippen molar-refractivity contribution in [1.29, 1.82) is 0 Å². The smallest absolute Gasteiger partial charge is 0.337 e. The molecule has 172 valence electrons. The van der Waals surface area contributed by atoms with Crippen LogP contribution in [-0.4, -0.2) is 43.6 Å². The number of hydrogen-bond donors (Lipinski definition) is 3. The lowest BCUT2D eigenvalue weighted by Gasteiger charge is -2.35. The second kappa shape index (κ2) is 8.18. The maximum Gasteiger partial charge on any atom is 0.337 e. The summed E-state index contributed by atoms with van der Waals surface area (Å²) < 4.78 is 13.7.